The van der Waals surface area contributed by atoms with Gasteiger partial charge < -0.3 is 9.69 Å². The Morgan fingerprint density at radius 3 is 2.95 bits per heavy atom. The highest BCUT2D eigenvalue weighted by molar-refractivity contribution is 5.84. The molecule has 1 fully saturated rings. The lowest BCUT2D eigenvalue weighted by Crippen LogP contribution is -2.44. The van der Waals surface area contributed by atoms with Crippen molar-refractivity contribution in [3.8, 4) is 0 Å². The molecule has 3 rings (SSSR count). The number of piperidine rings is 1. The Morgan fingerprint density at radius 2 is 2.15 bits per heavy atom. The van der Waals surface area contributed by atoms with Crippen molar-refractivity contribution < 1.29 is 9.59 Å². The van der Waals surface area contributed by atoms with Gasteiger partial charge in [-0.25, -0.2) is 0 Å². The first kappa shape index (κ1) is 13.1. The predicted octanol–water partition coefficient (Wildman–Crippen LogP) is 2.60. The Labute approximate surface area is 119 Å². The van der Waals surface area contributed by atoms with Crippen LogP contribution in [0.4, 0.5) is 0 Å². The van der Waals surface area contributed by atoms with Crippen LogP contribution in [0.1, 0.15) is 36.8 Å². The molecule has 0 aromatic heterocycles. The summed E-state index contributed by atoms with van der Waals surface area (Å²) in [4.78, 5) is 25.2. The van der Waals surface area contributed by atoms with Crippen LogP contribution in [0.3, 0.4) is 0 Å². The number of amides is 1. The first-order chi connectivity index (χ1) is 9.78. The number of carbonyl (C=O) groups excluding carboxylic acids is 2. The minimum atomic E-state index is -0.208. The highest BCUT2D eigenvalue weighted by Gasteiger charge is 2.27. The molecule has 20 heavy (non-hydrogen) atoms. The lowest BCUT2D eigenvalue weighted by molar-refractivity contribution is -0.137. The third-order valence-electron chi connectivity index (χ3n) is 4.24. The summed E-state index contributed by atoms with van der Waals surface area (Å²) in [5.41, 5.74) is 3.67. The van der Waals surface area contributed by atoms with Gasteiger partial charge in [0.2, 0.25) is 5.91 Å². The topological polar surface area (TPSA) is 37.4 Å². The van der Waals surface area contributed by atoms with E-state index in [1.54, 1.807) is 4.90 Å². The molecule has 1 unspecified atom stereocenters. The monoisotopic (exact) mass is 269 g/mol. The molecule has 0 N–H and O–H groups in total. The zero-order valence-electron chi connectivity index (χ0n) is 11.5. The van der Waals surface area contributed by atoms with Crippen LogP contribution in [0.5, 0.6) is 0 Å². The van der Waals surface area contributed by atoms with Crippen LogP contribution >= 0.6 is 0 Å². The van der Waals surface area contributed by atoms with Crippen LogP contribution in [0, 0.1) is 0 Å². The predicted molar refractivity (Wildman–Crippen MR) is 78.2 cm³/mol. The standard InChI is InChI=1S/C17H19NO2/c19-12-16-7-3-4-8-18(16)17(20)11-13-9-14-5-1-2-6-15(14)10-13/h1-2,5-6,9,12,16H,3-4,7-8,10-11H2. The van der Waals surface area contributed by atoms with E-state index < -0.39 is 0 Å². The summed E-state index contributed by atoms with van der Waals surface area (Å²) < 4.78 is 0. The summed E-state index contributed by atoms with van der Waals surface area (Å²) in [6.07, 6.45) is 7.22. The van der Waals surface area contributed by atoms with Crippen molar-refractivity contribution in [2.75, 3.05) is 6.54 Å². The van der Waals surface area contributed by atoms with Gasteiger partial charge in [-0.15, -0.1) is 0 Å². The Morgan fingerprint density at radius 1 is 1.30 bits per heavy atom. The van der Waals surface area contributed by atoms with E-state index in [2.05, 4.69) is 18.2 Å². The number of fused-ring (bicyclic) bond motifs is 1. The van der Waals surface area contributed by atoms with E-state index in [4.69, 9.17) is 0 Å². The molecule has 1 atom stereocenters. The molecule has 0 bridgehead atoms. The van der Waals surface area contributed by atoms with Crippen LogP contribution in [0.15, 0.2) is 29.8 Å². The molecule has 1 aliphatic heterocycles. The van der Waals surface area contributed by atoms with Crippen molar-refractivity contribution in [2.24, 2.45) is 0 Å². The fourth-order valence-corrected chi connectivity index (χ4v) is 3.17. The number of carbonyl (C=O) groups is 2. The van der Waals surface area contributed by atoms with E-state index in [9.17, 15) is 9.59 Å². The summed E-state index contributed by atoms with van der Waals surface area (Å²) in [6.45, 7) is 0.725. The molecule has 1 aromatic rings. The second-order valence-corrected chi connectivity index (χ2v) is 5.64. The molecule has 1 heterocycles. The van der Waals surface area contributed by atoms with Crippen molar-refractivity contribution in [3.05, 3.63) is 41.0 Å². The Balaban J connectivity index is 1.67. The first-order valence-corrected chi connectivity index (χ1v) is 7.30. The second kappa shape index (κ2) is 5.61. The second-order valence-electron chi connectivity index (χ2n) is 5.64. The molecule has 1 saturated heterocycles. The van der Waals surface area contributed by atoms with Gasteiger partial charge in [-0.05, 0) is 36.8 Å². The van der Waals surface area contributed by atoms with Crippen LogP contribution in [-0.4, -0.2) is 29.7 Å². The number of likely N-dealkylation sites (tertiary alicyclic amines) is 1. The average molecular weight is 269 g/mol. The smallest absolute Gasteiger partial charge is 0.227 e. The maximum absolute atomic E-state index is 12.4. The van der Waals surface area contributed by atoms with Crippen molar-refractivity contribution in [1.29, 1.82) is 0 Å². The van der Waals surface area contributed by atoms with E-state index in [1.165, 1.54) is 11.1 Å². The Hall–Kier alpha value is -1.90. The van der Waals surface area contributed by atoms with Gasteiger partial charge in [0.1, 0.15) is 6.29 Å². The van der Waals surface area contributed by atoms with Gasteiger partial charge in [0.15, 0.2) is 0 Å². The molecule has 3 heteroatoms. The largest absolute Gasteiger partial charge is 0.333 e. The number of rotatable bonds is 3. The molecule has 3 nitrogen and oxygen atoms in total. The van der Waals surface area contributed by atoms with E-state index in [0.29, 0.717) is 6.42 Å². The minimum Gasteiger partial charge on any atom is -0.333 e. The molecule has 1 amide bonds. The van der Waals surface area contributed by atoms with Crippen LogP contribution in [0.25, 0.3) is 6.08 Å². The number of benzene rings is 1. The van der Waals surface area contributed by atoms with Crippen molar-refractivity contribution in [2.45, 2.75) is 38.1 Å². The van der Waals surface area contributed by atoms with E-state index in [1.807, 2.05) is 12.1 Å². The molecule has 1 aromatic carbocycles. The number of hydrogen-bond acceptors (Lipinski definition) is 2. The van der Waals surface area contributed by atoms with Gasteiger partial charge in [0.25, 0.3) is 0 Å². The molecular weight excluding hydrogens is 250 g/mol. The van der Waals surface area contributed by atoms with Gasteiger partial charge in [-0.1, -0.05) is 35.9 Å². The quantitative estimate of drug-likeness (QED) is 0.791. The summed E-state index contributed by atoms with van der Waals surface area (Å²) >= 11 is 0. The van der Waals surface area contributed by atoms with Gasteiger partial charge in [0, 0.05) is 13.0 Å². The SMILES string of the molecule is O=CC1CCCCN1C(=O)CC1=Cc2ccccc2C1. The molecule has 2 aliphatic rings. The van der Waals surface area contributed by atoms with Gasteiger partial charge >= 0.3 is 0 Å². The third-order valence-corrected chi connectivity index (χ3v) is 4.24. The van der Waals surface area contributed by atoms with Crippen LogP contribution in [-0.2, 0) is 16.0 Å². The lowest BCUT2D eigenvalue weighted by Gasteiger charge is -2.32. The summed E-state index contributed by atoms with van der Waals surface area (Å²) in [7, 11) is 0. The van der Waals surface area contributed by atoms with Gasteiger partial charge in [0.05, 0.1) is 6.04 Å². The fourth-order valence-electron chi connectivity index (χ4n) is 3.17. The van der Waals surface area contributed by atoms with Crippen molar-refractivity contribution in [3.63, 3.8) is 0 Å². The summed E-state index contributed by atoms with van der Waals surface area (Å²) in [5, 5.41) is 0. The van der Waals surface area contributed by atoms with Gasteiger partial charge in [-0.2, -0.15) is 0 Å². The number of hydrogen-bond donors (Lipinski definition) is 0. The van der Waals surface area contributed by atoms with Crippen molar-refractivity contribution >= 4 is 18.3 Å². The highest BCUT2D eigenvalue weighted by atomic mass is 16.2. The molecule has 104 valence electrons. The average Bonchev–Trinajstić information content (AvgIpc) is 2.89. The maximum Gasteiger partial charge on any atom is 0.227 e. The fraction of sp³-hybridized carbons (Fsp3) is 0.412. The molecular formula is C17H19NO2. The van der Waals surface area contributed by atoms with Crippen LogP contribution in [0.2, 0.25) is 0 Å². The van der Waals surface area contributed by atoms with E-state index in [0.717, 1.165) is 44.1 Å². The van der Waals surface area contributed by atoms with E-state index in [-0.39, 0.29) is 11.9 Å². The summed E-state index contributed by atoms with van der Waals surface area (Å²) in [6, 6.07) is 8.04. The molecule has 0 radical (unpaired) electrons. The van der Waals surface area contributed by atoms with E-state index >= 15 is 0 Å². The minimum absolute atomic E-state index is 0.0980. The number of aldehydes is 1. The zero-order valence-corrected chi connectivity index (χ0v) is 11.5. The summed E-state index contributed by atoms with van der Waals surface area (Å²) in [5.74, 6) is 0.0980. The normalized spacial score (nSPS) is 21.3. The number of nitrogens with zero attached hydrogens (tertiary/aromatic N) is 1. The molecule has 1 aliphatic carbocycles. The van der Waals surface area contributed by atoms with Gasteiger partial charge in [-0.3, -0.25) is 4.79 Å². The molecule has 0 spiro atoms. The zero-order chi connectivity index (χ0) is 13.9. The first-order valence-electron chi connectivity index (χ1n) is 7.30. The third kappa shape index (κ3) is 2.53. The van der Waals surface area contributed by atoms with Crippen LogP contribution < -0.4 is 0 Å². The maximum atomic E-state index is 12.4. The van der Waals surface area contributed by atoms with Crippen molar-refractivity contribution in [1.82, 2.24) is 4.90 Å². The Kier molecular flexibility index (Phi) is 3.68. The Bertz CT molecular complexity index is 562. The highest BCUT2D eigenvalue weighted by Crippen LogP contribution is 2.27. The molecule has 0 saturated carbocycles. The lowest BCUT2D eigenvalue weighted by atomic mass is 10.0.